The summed E-state index contributed by atoms with van der Waals surface area (Å²) in [6.45, 7) is 2.74. The van der Waals surface area contributed by atoms with Crippen molar-refractivity contribution in [3.05, 3.63) is 77.8 Å². The van der Waals surface area contributed by atoms with Crippen LogP contribution in [0.15, 0.2) is 59.1 Å². The molecule has 0 saturated heterocycles. The standard InChI is InChI=1S/C21H20F2N2O2/c1-2-25(14-15-6-5-7-16(22)12-15)21(26)11-10-20-24-13-19(27-20)17-8-3-4-9-18(17)23/h3-9,12-13H,2,10-11,14H2,1H3. The van der Waals surface area contributed by atoms with Crippen LogP contribution in [0.3, 0.4) is 0 Å². The highest BCUT2D eigenvalue weighted by Crippen LogP contribution is 2.23. The number of nitrogens with zero attached hydrogens (tertiary/aromatic N) is 2. The molecule has 0 N–H and O–H groups in total. The highest BCUT2D eigenvalue weighted by molar-refractivity contribution is 5.76. The zero-order valence-electron chi connectivity index (χ0n) is 15.0. The Morgan fingerprint density at radius 1 is 1.15 bits per heavy atom. The summed E-state index contributed by atoms with van der Waals surface area (Å²) in [5, 5.41) is 0. The van der Waals surface area contributed by atoms with Gasteiger partial charge in [-0.2, -0.15) is 0 Å². The molecular formula is C21H20F2N2O2. The van der Waals surface area contributed by atoms with Gasteiger partial charge in [0.25, 0.3) is 0 Å². The van der Waals surface area contributed by atoms with Crippen LogP contribution in [0, 0.1) is 11.6 Å². The molecule has 140 valence electrons. The number of carbonyl (C=O) groups is 1. The van der Waals surface area contributed by atoms with Gasteiger partial charge in [-0.1, -0.05) is 24.3 Å². The summed E-state index contributed by atoms with van der Waals surface area (Å²) in [6.07, 6.45) is 1.98. The number of oxazole rings is 1. The summed E-state index contributed by atoms with van der Waals surface area (Å²) < 4.78 is 32.7. The number of aromatic nitrogens is 1. The molecule has 1 heterocycles. The van der Waals surface area contributed by atoms with E-state index in [0.29, 0.717) is 36.7 Å². The Balaban J connectivity index is 1.60. The molecule has 0 unspecified atom stereocenters. The van der Waals surface area contributed by atoms with Crippen LogP contribution in [-0.4, -0.2) is 22.3 Å². The van der Waals surface area contributed by atoms with Crippen molar-refractivity contribution in [3.63, 3.8) is 0 Å². The lowest BCUT2D eigenvalue weighted by molar-refractivity contribution is -0.131. The second-order valence-electron chi connectivity index (χ2n) is 6.14. The number of hydrogen-bond acceptors (Lipinski definition) is 3. The molecule has 4 nitrogen and oxygen atoms in total. The molecule has 2 aromatic carbocycles. The molecule has 0 fully saturated rings. The highest BCUT2D eigenvalue weighted by atomic mass is 19.1. The SMILES string of the molecule is CCN(Cc1cccc(F)c1)C(=O)CCc1ncc(-c2ccccc2F)o1. The van der Waals surface area contributed by atoms with E-state index in [9.17, 15) is 13.6 Å². The first-order valence-electron chi connectivity index (χ1n) is 8.78. The van der Waals surface area contributed by atoms with Gasteiger partial charge in [0.2, 0.25) is 5.91 Å². The molecule has 1 aromatic heterocycles. The summed E-state index contributed by atoms with van der Waals surface area (Å²) >= 11 is 0. The molecule has 0 aliphatic heterocycles. The van der Waals surface area contributed by atoms with Gasteiger partial charge >= 0.3 is 0 Å². The van der Waals surface area contributed by atoms with Gasteiger partial charge < -0.3 is 9.32 Å². The summed E-state index contributed by atoms with van der Waals surface area (Å²) in [6, 6.07) is 12.5. The summed E-state index contributed by atoms with van der Waals surface area (Å²) in [5.41, 5.74) is 1.08. The van der Waals surface area contributed by atoms with Gasteiger partial charge in [0.15, 0.2) is 11.7 Å². The maximum atomic E-state index is 13.8. The van der Waals surface area contributed by atoms with E-state index in [1.165, 1.54) is 24.4 Å². The van der Waals surface area contributed by atoms with Crippen molar-refractivity contribution in [2.45, 2.75) is 26.3 Å². The molecular weight excluding hydrogens is 350 g/mol. The molecule has 3 aromatic rings. The van der Waals surface area contributed by atoms with Gasteiger partial charge in [-0.15, -0.1) is 0 Å². The fourth-order valence-corrected chi connectivity index (χ4v) is 2.82. The van der Waals surface area contributed by atoms with Crippen LogP contribution in [0.25, 0.3) is 11.3 Å². The largest absolute Gasteiger partial charge is 0.441 e. The molecule has 0 spiro atoms. The third-order valence-electron chi connectivity index (χ3n) is 4.24. The van der Waals surface area contributed by atoms with Crippen LogP contribution >= 0.6 is 0 Å². The Labute approximate surface area is 156 Å². The molecule has 27 heavy (non-hydrogen) atoms. The third kappa shape index (κ3) is 4.78. The van der Waals surface area contributed by atoms with E-state index in [1.54, 1.807) is 35.2 Å². The molecule has 6 heteroatoms. The van der Waals surface area contributed by atoms with Crippen molar-refractivity contribution in [3.8, 4) is 11.3 Å². The second-order valence-corrected chi connectivity index (χ2v) is 6.14. The molecule has 3 rings (SSSR count). The first kappa shape index (κ1) is 18.8. The highest BCUT2D eigenvalue weighted by Gasteiger charge is 2.15. The first-order chi connectivity index (χ1) is 13.1. The first-order valence-corrected chi connectivity index (χ1v) is 8.78. The Hall–Kier alpha value is -3.02. The van der Waals surface area contributed by atoms with Crippen LogP contribution in [-0.2, 0) is 17.8 Å². The van der Waals surface area contributed by atoms with Gasteiger partial charge in [-0.25, -0.2) is 13.8 Å². The quantitative estimate of drug-likeness (QED) is 0.611. The van der Waals surface area contributed by atoms with E-state index in [2.05, 4.69) is 4.98 Å². The second kappa shape index (κ2) is 8.58. The Kier molecular flexibility index (Phi) is 5.96. The maximum Gasteiger partial charge on any atom is 0.223 e. The molecule has 0 aliphatic carbocycles. The molecule has 0 atom stereocenters. The molecule has 0 radical (unpaired) electrons. The fourth-order valence-electron chi connectivity index (χ4n) is 2.82. The van der Waals surface area contributed by atoms with E-state index in [0.717, 1.165) is 5.56 Å². The lowest BCUT2D eigenvalue weighted by Crippen LogP contribution is -2.30. The van der Waals surface area contributed by atoms with Crippen LogP contribution in [0.5, 0.6) is 0 Å². The molecule has 0 saturated carbocycles. The lowest BCUT2D eigenvalue weighted by atomic mass is 10.2. The topological polar surface area (TPSA) is 46.3 Å². The van der Waals surface area contributed by atoms with Gasteiger partial charge in [0.05, 0.1) is 11.8 Å². The predicted molar refractivity (Wildman–Crippen MR) is 97.7 cm³/mol. The third-order valence-corrected chi connectivity index (χ3v) is 4.24. The van der Waals surface area contributed by atoms with Gasteiger partial charge in [0, 0.05) is 25.9 Å². The Morgan fingerprint density at radius 3 is 2.70 bits per heavy atom. The van der Waals surface area contributed by atoms with Crippen LogP contribution in [0.1, 0.15) is 24.8 Å². The molecule has 0 bridgehead atoms. The number of aryl methyl sites for hydroxylation is 1. The van der Waals surface area contributed by atoms with Crippen molar-refractivity contribution in [1.29, 1.82) is 0 Å². The average Bonchev–Trinajstić information content (AvgIpc) is 3.13. The van der Waals surface area contributed by atoms with Gasteiger partial charge in [0.1, 0.15) is 11.6 Å². The van der Waals surface area contributed by atoms with Crippen molar-refractivity contribution >= 4 is 5.91 Å². The number of rotatable bonds is 7. The summed E-state index contributed by atoms with van der Waals surface area (Å²) in [7, 11) is 0. The zero-order chi connectivity index (χ0) is 19.2. The van der Waals surface area contributed by atoms with Crippen molar-refractivity contribution in [2.24, 2.45) is 0 Å². The normalized spacial score (nSPS) is 10.8. The monoisotopic (exact) mass is 370 g/mol. The van der Waals surface area contributed by atoms with E-state index in [-0.39, 0.29) is 24.0 Å². The Bertz CT molecular complexity index is 924. The van der Waals surface area contributed by atoms with Crippen LogP contribution in [0.2, 0.25) is 0 Å². The number of carbonyl (C=O) groups excluding carboxylic acids is 1. The fraction of sp³-hybridized carbons (Fsp3) is 0.238. The van der Waals surface area contributed by atoms with Gasteiger partial charge in [-0.3, -0.25) is 4.79 Å². The lowest BCUT2D eigenvalue weighted by Gasteiger charge is -2.20. The van der Waals surface area contributed by atoms with Crippen molar-refractivity contribution in [2.75, 3.05) is 6.54 Å². The zero-order valence-corrected chi connectivity index (χ0v) is 15.0. The Morgan fingerprint density at radius 2 is 1.96 bits per heavy atom. The van der Waals surface area contributed by atoms with E-state index < -0.39 is 0 Å². The van der Waals surface area contributed by atoms with Gasteiger partial charge in [-0.05, 0) is 36.8 Å². The smallest absolute Gasteiger partial charge is 0.223 e. The van der Waals surface area contributed by atoms with Crippen molar-refractivity contribution in [1.82, 2.24) is 9.88 Å². The minimum Gasteiger partial charge on any atom is -0.441 e. The number of amides is 1. The van der Waals surface area contributed by atoms with E-state index in [4.69, 9.17) is 4.42 Å². The number of halogens is 2. The van der Waals surface area contributed by atoms with E-state index in [1.807, 2.05) is 6.92 Å². The van der Waals surface area contributed by atoms with Crippen LogP contribution in [0.4, 0.5) is 8.78 Å². The number of benzene rings is 2. The minimum atomic E-state index is -0.386. The number of hydrogen-bond donors (Lipinski definition) is 0. The van der Waals surface area contributed by atoms with Crippen LogP contribution < -0.4 is 0 Å². The minimum absolute atomic E-state index is 0.0765. The van der Waals surface area contributed by atoms with E-state index >= 15 is 0 Å². The summed E-state index contributed by atoms with van der Waals surface area (Å²) in [5.74, 6) is -0.0709. The van der Waals surface area contributed by atoms with Crippen molar-refractivity contribution < 1.29 is 18.0 Å². The average molecular weight is 370 g/mol. The summed E-state index contributed by atoms with van der Waals surface area (Å²) in [4.78, 5) is 18.3. The molecule has 0 aliphatic rings. The maximum absolute atomic E-state index is 13.8. The predicted octanol–water partition coefficient (Wildman–Crippen LogP) is 4.60. The molecule has 1 amide bonds.